The van der Waals surface area contributed by atoms with Crippen molar-refractivity contribution in [2.75, 3.05) is 0 Å². The van der Waals surface area contributed by atoms with Gasteiger partial charge in [0.15, 0.2) is 0 Å². The molecule has 0 aliphatic heterocycles. The molecule has 0 amide bonds. The molecule has 0 radical (unpaired) electrons. The Morgan fingerprint density at radius 3 is 2.00 bits per heavy atom. The van der Waals surface area contributed by atoms with Crippen molar-refractivity contribution in [2.45, 2.75) is 79.1 Å². The lowest BCUT2D eigenvalue weighted by Crippen LogP contribution is -2.04. The van der Waals surface area contributed by atoms with Gasteiger partial charge in [-0.05, 0) is 18.3 Å². The Balaban J connectivity index is 3.38. The van der Waals surface area contributed by atoms with Crippen molar-refractivity contribution in [1.82, 2.24) is 0 Å². The van der Waals surface area contributed by atoms with E-state index in [1.165, 1.54) is 51.4 Å². The van der Waals surface area contributed by atoms with Gasteiger partial charge in [0.1, 0.15) is 0 Å². The summed E-state index contributed by atoms with van der Waals surface area (Å²) in [6.07, 6.45) is 11.3. The highest BCUT2D eigenvalue weighted by Crippen LogP contribution is 2.22. The molecule has 1 atom stereocenters. The van der Waals surface area contributed by atoms with Gasteiger partial charge >= 0.3 is 0 Å². The van der Waals surface area contributed by atoms with Gasteiger partial charge in [0, 0.05) is 0 Å². The first-order chi connectivity index (χ1) is 6.74. The molecule has 0 nitrogen and oxygen atoms in total. The van der Waals surface area contributed by atoms with E-state index in [1.54, 1.807) is 0 Å². The van der Waals surface area contributed by atoms with Crippen LogP contribution in [0.25, 0.3) is 0 Å². The van der Waals surface area contributed by atoms with Crippen molar-refractivity contribution < 1.29 is 0 Å². The summed E-state index contributed by atoms with van der Waals surface area (Å²) in [7, 11) is 0. The molecule has 0 fully saturated rings. The van der Waals surface area contributed by atoms with Gasteiger partial charge in [0.05, 0.1) is 0 Å². The van der Waals surface area contributed by atoms with Crippen molar-refractivity contribution >= 4 is 0 Å². The van der Waals surface area contributed by atoms with Crippen molar-refractivity contribution in [3.8, 4) is 0 Å². The largest absolute Gasteiger partial charge is 0.0654 e. The van der Waals surface area contributed by atoms with E-state index in [-0.39, 0.29) is 0 Å². The predicted molar refractivity (Wildman–Crippen MR) is 66.6 cm³/mol. The molecule has 0 aromatic heterocycles. The third-order valence-corrected chi connectivity index (χ3v) is 3.44. The van der Waals surface area contributed by atoms with E-state index in [4.69, 9.17) is 0 Å². The molecule has 14 heavy (non-hydrogen) atoms. The Kier molecular flexibility index (Phi) is 9.55. The van der Waals surface area contributed by atoms with Crippen LogP contribution in [0.5, 0.6) is 0 Å². The topological polar surface area (TPSA) is 0 Å². The molecule has 0 rings (SSSR count). The molecule has 0 spiro atoms. The van der Waals surface area contributed by atoms with Crippen LogP contribution < -0.4 is 0 Å². The van der Waals surface area contributed by atoms with E-state index < -0.39 is 0 Å². The molecule has 0 N–H and O–H groups in total. The normalized spacial score (nSPS) is 13.5. The first kappa shape index (κ1) is 14.0. The van der Waals surface area contributed by atoms with Gasteiger partial charge in [0.2, 0.25) is 0 Å². The van der Waals surface area contributed by atoms with E-state index in [0.717, 1.165) is 11.8 Å². The average molecular weight is 198 g/mol. The fourth-order valence-corrected chi connectivity index (χ4v) is 2.23. The molecule has 0 saturated heterocycles. The van der Waals surface area contributed by atoms with Gasteiger partial charge in [-0.2, -0.15) is 0 Å². The fraction of sp³-hybridized carbons (Fsp3) is 1.00. The first-order valence-electron chi connectivity index (χ1n) is 6.74. The molecule has 0 heterocycles. The molecule has 0 aliphatic rings. The number of hydrogen-bond donors (Lipinski definition) is 0. The Bertz CT molecular complexity index is 103. The van der Waals surface area contributed by atoms with E-state index in [0.29, 0.717) is 0 Å². The maximum Gasteiger partial charge on any atom is -0.0417 e. The van der Waals surface area contributed by atoms with E-state index in [9.17, 15) is 0 Å². The lowest BCUT2D eigenvalue weighted by Gasteiger charge is -2.17. The molecule has 0 heteroatoms. The summed E-state index contributed by atoms with van der Waals surface area (Å²) in [5.74, 6) is 1.94. The van der Waals surface area contributed by atoms with Crippen molar-refractivity contribution in [2.24, 2.45) is 11.8 Å². The summed E-state index contributed by atoms with van der Waals surface area (Å²) >= 11 is 0. The smallest absolute Gasteiger partial charge is 0.0417 e. The summed E-state index contributed by atoms with van der Waals surface area (Å²) in [6, 6.07) is 0. The van der Waals surface area contributed by atoms with Crippen molar-refractivity contribution in [1.29, 1.82) is 0 Å². The lowest BCUT2D eigenvalue weighted by molar-refractivity contribution is 0.348. The second-order valence-corrected chi connectivity index (χ2v) is 4.87. The minimum absolute atomic E-state index is 0.955. The SMILES string of the molecule is CCCCCCC(C)CC(CC)CC. The van der Waals surface area contributed by atoms with Crippen molar-refractivity contribution in [3.05, 3.63) is 0 Å². The van der Waals surface area contributed by atoms with Gasteiger partial charge in [-0.3, -0.25) is 0 Å². The molecule has 0 saturated carbocycles. The van der Waals surface area contributed by atoms with Gasteiger partial charge < -0.3 is 0 Å². The summed E-state index contributed by atoms with van der Waals surface area (Å²) in [5.41, 5.74) is 0. The Labute approximate surface area is 91.5 Å². The standard InChI is InChI=1S/C14H30/c1-5-8-9-10-11-13(4)12-14(6-2)7-3/h13-14H,5-12H2,1-4H3. The zero-order chi connectivity index (χ0) is 10.8. The van der Waals surface area contributed by atoms with Crippen LogP contribution in [-0.2, 0) is 0 Å². The highest BCUT2D eigenvalue weighted by molar-refractivity contribution is 4.61. The fourth-order valence-electron chi connectivity index (χ4n) is 2.23. The number of unbranched alkanes of at least 4 members (excludes halogenated alkanes) is 3. The molecule has 0 aromatic carbocycles. The summed E-state index contributed by atoms with van der Waals surface area (Å²) in [4.78, 5) is 0. The third kappa shape index (κ3) is 7.41. The van der Waals surface area contributed by atoms with E-state index >= 15 is 0 Å². The van der Waals surface area contributed by atoms with Crippen LogP contribution in [0, 0.1) is 11.8 Å². The molecular weight excluding hydrogens is 168 g/mol. The number of hydrogen-bond acceptors (Lipinski definition) is 0. The first-order valence-corrected chi connectivity index (χ1v) is 6.74. The number of rotatable bonds is 9. The van der Waals surface area contributed by atoms with Crippen LogP contribution in [0.2, 0.25) is 0 Å². The Morgan fingerprint density at radius 2 is 1.50 bits per heavy atom. The van der Waals surface area contributed by atoms with Gasteiger partial charge in [-0.15, -0.1) is 0 Å². The van der Waals surface area contributed by atoms with Crippen molar-refractivity contribution in [3.63, 3.8) is 0 Å². The predicted octanol–water partition coefficient (Wildman–Crippen LogP) is 5.42. The van der Waals surface area contributed by atoms with Crippen LogP contribution in [0.4, 0.5) is 0 Å². The van der Waals surface area contributed by atoms with Crippen LogP contribution in [0.1, 0.15) is 79.1 Å². The monoisotopic (exact) mass is 198 g/mol. The zero-order valence-corrected chi connectivity index (χ0v) is 10.8. The second-order valence-electron chi connectivity index (χ2n) is 4.87. The maximum atomic E-state index is 2.43. The van der Waals surface area contributed by atoms with Crippen LogP contribution >= 0.6 is 0 Å². The molecular formula is C14H30. The Morgan fingerprint density at radius 1 is 0.857 bits per heavy atom. The highest BCUT2D eigenvalue weighted by Gasteiger charge is 2.09. The van der Waals surface area contributed by atoms with Crippen LogP contribution in [-0.4, -0.2) is 0 Å². The molecule has 0 bridgehead atoms. The molecule has 86 valence electrons. The maximum absolute atomic E-state index is 2.43. The van der Waals surface area contributed by atoms with Crippen LogP contribution in [0.3, 0.4) is 0 Å². The van der Waals surface area contributed by atoms with Gasteiger partial charge in [0.25, 0.3) is 0 Å². The third-order valence-electron chi connectivity index (χ3n) is 3.44. The minimum Gasteiger partial charge on any atom is -0.0654 e. The van der Waals surface area contributed by atoms with E-state index in [2.05, 4.69) is 27.7 Å². The Hall–Kier alpha value is 0. The summed E-state index contributed by atoms with van der Waals surface area (Å²) in [6.45, 7) is 9.38. The quantitative estimate of drug-likeness (QED) is 0.434. The summed E-state index contributed by atoms with van der Waals surface area (Å²) < 4.78 is 0. The van der Waals surface area contributed by atoms with Gasteiger partial charge in [-0.1, -0.05) is 72.6 Å². The average Bonchev–Trinajstić information content (AvgIpc) is 2.21. The molecule has 1 unspecified atom stereocenters. The van der Waals surface area contributed by atoms with E-state index in [1.807, 2.05) is 0 Å². The van der Waals surface area contributed by atoms with Gasteiger partial charge in [-0.25, -0.2) is 0 Å². The minimum atomic E-state index is 0.955. The zero-order valence-electron chi connectivity index (χ0n) is 10.8. The molecule has 0 aliphatic carbocycles. The second kappa shape index (κ2) is 9.55. The highest BCUT2D eigenvalue weighted by atomic mass is 14.1. The molecule has 0 aromatic rings. The van der Waals surface area contributed by atoms with Crippen LogP contribution in [0.15, 0.2) is 0 Å². The summed E-state index contributed by atoms with van der Waals surface area (Å²) in [5, 5.41) is 0. The lowest BCUT2D eigenvalue weighted by atomic mass is 9.88.